The van der Waals surface area contributed by atoms with Gasteiger partial charge in [-0.25, -0.2) is 0 Å². The van der Waals surface area contributed by atoms with Gasteiger partial charge in [0, 0.05) is 29.6 Å². The molecule has 0 bridgehead atoms. The minimum atomic E-state index is 0.773. The third-order valence-corrected chi connectivity index (χ3v) is 4.91. The summed E-state index contributed by atoms with van der Waals surface area (Å²) >= 11 is 0. The van der Waals surface area contributed by atoms with Crippen LogP contribution in [0, 0.1) is 0 Å². The largest absolute Gasteiger partial charge is 0.494 e. The second kappa shape index (κ2) is 7.67. The first kappa shape index (κ1) is 17.3. The van der Waals surface area contributed by atoms with Gasteiger partial charge in [-0.3, -0.25) is 4.99 Å². The number of unbranched alkanes of at least 4 members (excludes halogenated alkanes) is 1. The Morgan fingerprint density at radius 3 is 2.52 bits per heavy atom. The number of ether oxygens (including phenoxy) is 1. The fourth-order valence-corrected chi connectivity index (χ4v) is 3.36. The van der Waals surface area contributed by atoms with E-state index in [0.29, 0.717) is 0 Å². The molecule has 27 heavy (non-hydrogen) atoms. The molecule has 3 nitrogen and oxygen atoms in total. The van der Waals surface area contributed by atoms with E-state index in [1.807, 2.05) is 30.5 Å². The molecule has 4 rings (SSSR count). The first-order valence-corrected chi connectivity index (χ1v) is 9.50. The van der Waals surface area contributed by atoms with Gasteiger partial charge in [-0.05, 0) is 54.4 Å². The van der Waals surface area contributed by atoms with Crippen molar-refractivity contribution < 1.29 is 4.74 Å². The van der Waals surface area contributed by atoms with E-state index < -0.39 is 0 Å². The van der Waals surface area contributed by atoms with E-state index in [1.165, 1.54) is 21.8 Å². The highest BCUT2D eigenvalue weighted by Crippen LogP contribution is 2.30. The average molecular weight is 356 g/mol. The zero-order chi connectivity index (χ0) is 18.6. The number of rotatable bonds is 6. The maximum absolute atomic E-state index is 5.71. The number of para-hydroxylation sites is 1. The number of aliphatic imine (C=N–C) groups is 1. The Balaban J connectivity index is 1.56. The van der Waals surface area contributed by atoms with E-state index in [4.69, 9.17) is 4.74 Å². The molecule has 0 radical (unpaired) electrons. The maximum Gasteiger partial charge on any atom is 0.119 e. The van der Waals surface area contributed by atoms with Crippen molar-refractivity contribution in [3.63, 3.8) is 0 Å². The van der Waals surface area contributed by atoms with Gasteiger partial charge < -0.3 is 9.30 Å². The summed E-state index contributed by atoms with van der Waals surface area (Å²) < 4.78 is 7.94. The molecule has 1 aromatic heterocycles. The molecule has 0 aliphatic carbocycles. The van der Waals surface area contributed by atoms with Crippen LogP contribution in [0.4, 0.5) is 5.69 Å². The van der Waals surface area contributed by atoms with Crippen LogP contribution in [-0.2, 0) is 7.05 Å². The van der Waals surface area contributed by atoms with Crippen molar-refractivity contribution in [2.45, 2.75) is 19.8 Å². The summed E-state index contributed by atoms with van der Waals surface area (Å²) in [6.45, 7) is 2.94. The van der Waals surface area contributed by atoms with E-state index >= 15 is 0 Å². The van der Waals surface area contributed by atoms with E-state index in [9.17, 15) is 0 Å². The molecular formula is C24H24N2O. The van der Waals surface area contributed by atoms with Crippen molar-refractivity contribution in [2.75, 3.05) is 6.61 Å². The Hall–Kier alpha value is -3.07. The summed E-state index contributed by atoms with van der Waals surface area (Å²) in [4.78, 5) is 4.66. The van der Waals surface area contributed by atoms with Crippen molar-refractivity contribution in [3.8, 4) is 5.75 Å². The quantitative estimate of drug-likeness (QED) is 0.296. The lowest BCUT2D eigenvalue weighted by Gasteiger charge is -2.05. The fraction of sp³-hybridized carbons (Fsp3) is 0.208. The Bertz CT molecular complexity index is 1090. The highest BCUT2D eigenvalue weighted by Gasteiger charge is 2.07. The van der Waals surface area contributed by atoms with E-state index in [2.05, 4.69) is 66.0 Å². The Morgan fingerprint density at radius 2 is 1.70 bits per heavy atom. The monoisotopic (exact) mass is 356 g/mol. The topological polar surface area (TPSA) is 26.5 Å². The molecule has 4 aromatic rings. The molecule has 0 fully saturated rings. The van der Waals surface area contributed by atoms with Gasteiger partial charge in [-0.15, -0.1) is 0 Å². The van der Waals surface area contributed by atoms with Crippen molar-refractivity contribution >= 4 is 33.7 Å². The van der Waals surface area contributed by atoms with Gasteiger partial charge in [0.1, 0.15) is 5.75 Å². The minimum Gasteiger partial charge on any atom is -0.494 e. The van der Waals surface area contributed by atoms with E-state index in [1.54, 1.807) is 0 Å². The molecule has 0 saturated heterocycles. The van der Waals surface area contributed by atoms with Crippen LogP contribution in [-0.4, -0.2) is 17.4 Å². The zero-order valence-corrected chi connectivity index (χ0v) is 15.9. The van der Waals surface area contributed by atoms with Gasteiger partial charge in [0.25, 0.3) is 0 Å². The van der Waals surface area contributed by atoms with Gasteiger partial charge in [-0.2, -0.15) is 0 Å². The van der Waals surface area contributed by atoms with Crippen LogP contribution < -0.4 is 4.74 Å². The minimum absolute atomic E-state index is 0.773. The lowest BCUT2D eigenvalue weighted by atomic mass is 10.1. The van der Waals surface area contributed by atoms with Gasteiger partial charge in [0.15, 0.2) is 0 Å². The van der Waals surface area contributed by atoms with Crippen molar-refractivity contribution in [1.82, 2.24) is 4.57 Å². The third kappa shape index (κ3) is 3.59. The summed E-state index contributed by atoms with van der Waals surface area (Å²) in [6, 6.07) is 23.0. The van der Waals surface area contributed by atoms with Gasteiger partial charge in [0.2, 0.25) is 0 Å². The lowest BCUT2D eigenvalue weighted by molar-refractivity contribution is 0.309. The molecule has 136 valence electrons. The van der Waals surface area contributed by atoms with Gasteiger partial charge in [0.05, 0.1) is 17.8 Å². The standard InChI is InChI=1S/C24H24N2O/c1-3-4-15-27-20-12-9-18(10-13-20)17-25-19-11-14-22-21-7-5-6-8-23(21)26(2)24(22)16-19/h5-14,16-17H,3-4,15H2,1-2H3. The summed E-state index contributed by atoms with van der Waals surface area (Å²) in [5.74, 6) is 0.914. The van der Waals surface area contributed by atoms with Crippen LogP contribution in [0.25, 0.3) is 21.8 Å². The summed E-state index contributed by atoms with van der Waals surface area (Å²) in [5.41, 5.74) is 4.46. The highest BCUT2D eigenvalue weighted by molar-refractivity contribution is 6.08. The Kier molecular flexibility index (Phi) is 4.93. The molecule has 1 heterocycles. The maximum atomic E-state index is 5.71. The number of aromatic nitrogens is 1. The summed E-state index contributed by atoms with van der Waals surface area (Å²) in [7, 11) is 2.11. The molecular weight excluding hydrogens is 332 g/mol. The molecule has 3 aromatic carbocycles. The molecule has 0 amide bonds. The molecule has 0 aliphatic heterocycles. The smallest absolute Gasteiger partial charge is 0.119 e. The first-order chi connectivity index (χ1) is 13.3. The second-order valence-corrected chi connectivity index (χ2v) is 6.81. The average Bonchev–Trinajstić information content (AvgIpc) is 3.00. The molecule has 0 spiro atoms. The Labute approximate surface area is 159 Å². The van der Waals surface area contributed by atoms with Gasteiger partial charge >= 0.3 is 0 Å². The van der Waals surface area contributed by atoms with Crippen molar-refractivity contribution in [3.05, 3.63) is 72.3 Å². The molecule has 3 heteroatoms. The molecule has 0 unspecified atom stereocenters. The molecule has 0 aliphatic rings. The van der Waals surface area contributed by atoms with Crippen LogP contribution >= 0.6 is 0 Å². The third-order valence-electron chi connectivity index (χ3n) is 4.91. The van der Waals surface area contributed by atoms with Gasteiger partial charge in [-0.1, -0.05) is 37.6 Å². The van der Waals surface area contributed by atoms with E-state index in [-0.39, 0.29) is 0 Å². The normalized spacial score (nSPS) is 11.6. The highest BCUT2D eigenvalue weighted by atomic mass is 16.5. The van der Waals surface area contributed by atoms with Crippen molar-refractivity contribution in [2.24, 2.45) is 12.0 Å². The summed E-state index contributed by atoms with van der Waals surface area (Å²) in [5, 5.41) is 2.55. The molecule has 0 N–H and O–H groups in total. The van der Waals surface area contributed by atoms with E-state index in [0.717, 1.165) is 36.4 Å². The number of nitrogens with zero attached hydrogens (tertiary/aromatic N) is 2. The van der Waals surface area contributed by atoms with Crippen molar-refractivity contribution in [1.29, 1.82) is 0 Å². The second-order valence-electron chi connectivity index (χ2n) is 6.81. The fourth-order valence-electron chi connectivity index (χ4n) is 3.36. The first-order valence-electron chi connectivity index (χ1n) is 9.50. The number of hydrogen-bond donors (Lipinski definition) is 0. The zero-order valence-electron chi connectivity index (χ0n) is 15.9. The van der Waals surface area contributed by atoms with Crippen LogP contribution in [0.3, 0.4) is 0 Å². The number of aryl methyl sites for hydroxylation is 1. The lowest BCUT2D eigenvalue weighted by Crippen LogP contribution is -1.96. The van der Waals surface area contributed by atoms with Crippen LogP contribution in [0.5, 0.6) is 5.75 Å². The van der Waals surface area contributed by atoms with Crippen LogP contribution in [0.1, 0.15) is 25.3 Å². The number of hydrogen-bond acceptors (Lipinski definition) is 2. The predicted octanol–water partition coefficient (Wildman–Crippen LogP) is 6.26. The number of benzene rings is 3. The predicted molar refractivity (Wildman–Crippen MR) is 115 cm³/mol. The van der Waals surface area contributed by atoms with Crippen LogP contribution in [0.15, 0.2) is 71.7 Å². The SMILES string of the molecule is CCCCOc1ccc(C=Nc2ccc3c4ccccc4n(C)c3c2)cc1. The summed E-state index contributed by atoms with van der Waals surface area (Å²) in [6.07, 6.45) is 4.13. The van der Waals surface area contributed by atoms with Crippen LogP contribution in [0.2, 0.25) is 0 Å². The number of fused-ring (bicyclic) bond motifs is 3. The molecule has 0 saturated carbocycles. The molecule has 0 atom stereocenters. The Morgan fingerprint density at radius 1 is 0.926 bits per heavy atom.